The van der Waals surface area contributed by atoms with Gasteiger partial charge >= 0.3 is 5.97 Å². The fourth-order valence-corrected chi connectivity index (χ4v) is 4.32. The zero-order valence-electron chi connectivity index (χ0n) is 11.2. The SMILES string of the molecule is O=C(O)C1CCCN(S(=O)(=O)c2c[nH]c3ncccc23)C1. The number of carboxylic acid groups (broad SMARTS) is 1. The van der Waals surface area contributed by atoms with Crippen molar-refractivity contribution in [2.45, 2.75) is 17.7 Å². The number of nitrogens with zero attached hydrogens (tertiary/aromatic N) is 2. The monoisotopic (exact) mass is 309 g/mol. The number of aliphatic carboxylic acids is 1. The lowest BCUT2D eigenvalue weighted by atomic mass is 10.0. The van der Waals surface area contributed by atoms with Crippen LogP contribution in [-0.2, 0) is 14.8 Å². The number of pyridine rings is 1. The molecule has 1 aliphatic rings. The van der Waals surface area contributed by atoms with Gasteiger partial charge in [0.25, 0.3) is 0 Å². The number of carbonyl (C=O) groups is 1. The minimum absolute atomic E-state index is 0.0185. The normalized spacial score (nSPS) is 20.7. The van der Waals surface area contributed by atoms with E-state index in [-0.39, 0.29) is 11.4 Å². The molecule has 0 radical (unpaired) electrons. The predicted octanol–water partition coefficient (Wildman–Crippen LogP) is 1.05. The molecule has 1 saturated heterocycles. The van der Waals surface area contributed by atoms with Crippen molar-refractivity contribution in [2.24, 2.45) is 5.92 Å². The van der Waals surface area contributed by atoms with Crippen LogP contribution >= 0.6 is 0 Å². The van der Waals surface area contributed by atoms with E-state index in [1.807, 2.05) is 0 Å². The number of aromatic amines is 1. The van der Waals surface area contributed by atoms with Crippen molar-refractivity contribution in [3.05, 3.63) is 24.5 Å². The first-order valence-electron chi connectivity index (χ1n) is 6.65. The van der Waals surface area contributed by atoms with Gasteiger partial charge in [-0.1, -0.05) is 0 Å². The van der Waals surface area contributed by atoms with Gasteiger partial charge in [0.1, 0.15) is 10.5 Å². The van der Waals surface area contributed by atoms with E-state index in [9.17, 15) is 13.2 Å². The number of rotatable bonds is 3. The average molecular weight is 309 g/mol. The third kappa shape index (κ3) is 2.40. The van der Waals surface area contributed by atoms with Gasteiger partial charge < -0.3 is 10.1 Å². The Morgan fingerprint density at radius 1 is 1.48 bits per heavy atom. The molecule has 0 saturated carbocycles. The molecule has 0 aromatic carbocycles. The molecule has 0 bridgehead atoms. The number of hydrogen-bond donors (Lipinski definition) is 2. The van der Waals surface area contributed by atoms with Crippen LogP contribution in [0.2, 0.25) is 0 Å². The minimum atomic E-state index is -3.71. The van der Waals surface area contributed by atoms with Gasteiger partial charge in [-0.05, 0) is 25.0 Å². The van der Waals surface area contributed by atoms with Crippen molar-refractivity contribution in [1.29, 1.82) is 0 Å². The predicted molar refractivity (Wildman–Crippen MR) is 75.2 cm³/mol. The minimum Gasteiger partial charge on any atom is -0.481 e. The Balaban J connectivity index is 1.98. The molecule has 2 aromatic rings. The summed E-state index contributed by atoms with van der Waals surface area (Å²) in [6, 6.07) is 3.36. The molecule has 1 aliphatic heterocycles. The van der Waals surface area contributed by atoms with Crippen molar-refractivity contribution in [2.75, 3.05) is 13.1 Å². The van der Waals surface area contributed by atoms with Crippen LogP contribution in [0.3, 0.4) is 0 Å². The van der Waals surface area contributed by atoms with E-state index in [1.165, 1.54) is 10.5 Å². The van der Waals surface area contributed by atoms with Crippen molar-refractivity contribution in [3.63, 3.8) is 0 Å². The first-order chi connectivity index (χ1) is 10.00. The molecular weight excluding hydrogens is 294 g/mol. The van der Waals surface area contributed by atoms with E-state index in [2.05, 4.69) is 9.97 Å². The maximum Gasteiger partial charge on any atom is 0.307 e. The van der Waals surface area contributed by atoms with Crippen LogP contribution in [-0.4, -0.2) is 46.9 Å². The topological polar surface area (TPSA) is 103 Å². The summed E-state index contributed by atoms with van der Waals surface area (Å²) in [5.74, 6) is -1.59. The highest BCUT2D eigenvalue weighted by atomic mass is 32.2. The second-order valence-corrected chi connectivity index (χ2v) is 7.00. The summed E-state index contributed by atoms with van der Waals surface area (Å²) in [4.78, 5) is 18.1. The summed E-state index contributed by atoms with van der Waals surface area (Å²) < 4.78 is 26.7. The Labute approximate surface area is 121 Å². The Hall–Kier alpha value is -1.93. The van der Waals surface area contributed by atoms with Crippen molar-refractivity contribution in [3.8, 4) is 0 Å². The molecule has 1 unspecified atom stereocenters. The van der Waals surface area contributed by atoms with Crippen molar-refractivity contribution in [1.82, 2.24) is 14.3 Å². The van der Waals surface area contributed by atoms with Crippen molar-refractivity contribution < 1.29 is 18.3 Å². The van der Waals surface area contributed by atoms with E-state index < -0.39 is 21.9 Å². The van der Waals surface area contributed by atoms with Crippen LogP contribution < -0.4 is 0 Å². The van der Waals surface area contributed by atoms with Gasteiger partial charge in [-0.15, -0.1) is 0 Å². The van der Waals surface area contributed by atoms with Gasteiger partial charge in [0.15, 0.2) is 0 Å². The van der Waals surface area contributed by atoms with Crippen molar-refractivity contribution >= 4 is 27.0 Å². The summed E-state index contributed by atoms with van der Waals surface area (Å²) >= 11 is 0. The van der Waals surface area contributed by atoms with Crippen LogP contribution in [0.1, 0.15) is 12.8 Å². The fourth-order valence-electron chi connectivity index (χ4n) is 2.65. The molecule has 112 valence electrons. The number of aromatic nitrogens is 2. The molecule has 2 N–H and O–H groups in total. The van der Waals surface area contributed by atoms with E-state index in [1.54, 1.807) is 18.3 Å². The maximum absolute atomic E-state index is 12.7. The fraction of sp³-hybridized carbons (Fsp3) is 0.385. The highest BCUT2D eigenvalue weighted by molar-refractivity contribution is 7.89. The molecule has 7 nitrogen and oxygen atoms in total. The lowest BCUT2D eigenvalue weighted by molar-refractivity contribution is -0.142. The molecule has 3 heterocycles. The van der Waals surface area contributed by atoms with E-state index in [0.717, 1.165) is 0 Å². The highest BCUT2D eigenvalue weighted by Crippen LogP contribution is 2.28. The number of carboxylic acids is 1. The summed E-state index contributed by atoms with van der Waals surface area (Å²) in [5.41, 5.74) is 0.503. The van der Waals surface area contributed by atoms with Gasteiger partial charge in [-0.2, -0.15) is 4.31 Å². The van der Waals surface area contributed by atoms with E-state index in [0.29, 0.717) is 30.4 Å². The molecule has 1 atom stereocenters. The molecule has 0 spiro atoms. The molecule has 0 amide bonds. The number of sulfonamides is 1. The third-order valence-electron chi connectivity index (χ3n) is 3.76. The zero-order valence-corrected chi connectivity index (χ0v) is 12.0. The first-order valence-corrected chi connectivity index (χ1v) is 8.09. The zero-order chi connectivity index (χ0) is 15.0. The Morgan fingerprint density at radius 2 is 2.29 bits per heavy atom. The number of nitrogens with one attached hydrogen (secondary N) is 1. The Bertz CT molecular complexity index is 784. The lowest BCUT2D eigenvalue weighted by Crippen LogP contribution is -2.42. The van der Waals surface area contributed by atoms with Crippen LogP contribution in [0, 0.1) is 5.92 Å². The second kappa shape index (κ2) is 5.12. The molecular formula is C13H15N3O4S. The molecule has 0 aliphatic carbocycles. The van der Waals surface area contributed by atoms with Crippen LogP contribution in [0.5, 0.6) is 0 Å². The third-order valence-corrected chi connectivity index (χ3v) is 5.67. The highest BCUT2D eigenvalue weighted by Gasteiger charge is 2.34. The molecule has 3 rings (SSSR count). The second-order valence-electron chi connectivity index (χ2n) is 5.09. The summed E-state index contributed by atoms with van der Waals surface area (Å²) in [5, 5.41) is 9.61. The summed E-state index contributed by atoms with van der Waals surface area (Å²) in [6.07, 6.45) is 4.06. The number of fused-ring (bicyclic) bond motifs is 1. The van der Waals surface area contributed by atoms with Gasteiger partial charge in [-0.25, -0.2) is 13.4 Å². The largest absolute Gasteiger partial charge is 0.481 e. The number of piperidine rings is 1. The van der Waals surface area contributed by atoms with Gasteiger partial charge in [0, 0.05) is 30.9 Å². The first kappa shape index (κ1) is 14.0. The van der Waals surface area contributed by atoms with Crippen LogP contribution in [0.4, 0.5) is 0 Å². The maximum atomic E-state index is 12.7. The molecule has 8 heteroatoms. The van der Waals surface area contributed by atoms with E-state index in [4.69, 9.17) is 5.11 Å². The Morgan fingerprint density at radius 3 is 3.05 bits per heavy atom. The van der Waals surface area contributed by atoms with E-state index >= 15 is 0 Å². The van der Waals surface area contributed by atoms with Gasteiger partial charge in [0.2, 0.25) is 10.0 Å². The Kier molecular flexibility index (Phi) is 3.42. The number of hydrogen-bond acceptors (Lipinski definition) is 4. The molecule has 2 aromatic heterocycles. The lowest BCUT2D eigenvalue weighted by Gasteiger charge is -2.29. The van der Waals surface area contributed by atoms with Gasteiger partial charge in [-0.3, -0.25) is 4.79 Å². The molecule has 1 fully saturated rings. The number of H-pyrrole nitrogens is 1. The average Bonchev–Trinajstić information content (AvgIpc) is 2.92. The molecule has 21 heavy (non-hydrogen) atoms. The standard InChI is InChI=1S/C13H15N3O4S/c17-13(18)9-3-2-6-16(8-9)21(19,20)11-7-15-12-10(11)4-1-5-14-12/h1,4-5,7,9H,2-3,6,8H2,(H,14,15)(H,17,18). The summed E-state index contributed by atoms with van der Waals surface area (Å²) in [7, 11) is -3.71. The van der Waals surface area contributed by atoms with Crippen LogP contribution in [0.25, 0.3) is 11.0 Å². The quantitative estimate of drug-likeness (QED) is 0.882. The smallest absolute Gasteiger partial charge is 0.307 e. The summed E-state index contributed by atoms with van der Waals surface area (Å²) in [6.45, 7) is 0.365. The van der Waals surface area contributed by atoms with Gasteiger partial charge in [0.05, 0.1) is 5.92 Å². The van der Waals surface area contributed by atoms with Crippen LogP contribution in [0.15, 0.2) is 29.4 Å².